The van der Waals surface area contributed by atoms with Gasteiger partial charge in [0.15, 0.2) is 5.71 Å². The molecule has 0 aromatic heterocycles. The van der Waals surface area contributed by atoms with Gasteiger partial charge in [-0.25, -0.2) is 13.2 Å². The van der Waals surface area contributed by atoms with Crippen molar-refractivity contribution >= 4 is 77.6 Å². The van der Waals surface area contributed by atoms with Gasteiger partial charge in [0.1, 0.15) is 38.5 Å². The van der Waals surface area contributed by atoms with Crippen LogP contribution in [-0.2, 0) is 40.1 Å². The van der Waals surface area contributed by atoms with Gasteiger partial charge in [-0.3, -0.25) is 9.80 Å². The summed E-state index contributed by atoms with van der Waals surface area (Å²) in [7, 11) is -8.23. The maximum atomic E-state index is 13.6. The largest absolute Gasteiger partial charge is 0.748 e. The second-order valence-corrected chi connectivity index (χ2v) is 24.2. The monoisotopic (exact) mass is 1040 g/mol. The third-order valence-corrected chi connectivity index (χ3v) is 17.9. The SMILES string of the molecule is CC[N+](CC)(CC)OS(=O)(=O)CCCN1C(=CC=C2CCC(C=CC3=[N+](CCCS(=O)(=O)[O-])c4ccc5ccccc5c4C3(C)C)=C2[NH+]2CCN(C(=O)OCCS)CC2)C(C)(C)c2c1ccc1ccccc21. The van der Waals surface area contributed by atoms with Gasteiger partial charge in [0.05, 0.1) is 47.5 Å². The zero-order valence-corrected chi connectivity index (χ0v) is 45.6. The molecule has 3 heterocycles. The maximum Gasteiger partial charge on any atom is 0.410 e. The number of piperazine rings is 1. The predicted molar refractivity (Wildman–Crippen MR) is 291 cm³/mol. The average Bonchev–Trinajstić information content (AvgIpc) is 3.94. The van der Waals surface area contributed by atoms with Gasteiger partial charge >= 0.3 is 16.2 Å². The number of anilines is 1. The van der Waals surface area contributed by atoms with Gasteiger partial charge in [-0.05, 0) is 105 Å². The molecular formula is C56H73N5O8S3+2. The van der Waals surface area contributed by atoms with Gasteiger partial charge < -0.3 is 14.2 Å². The van der Waals surface area contributed by atoms with Crippen LogP contribution in [0.15, 0.2) is 120 Å². The molecule has 4 aromatic carbocycles. The number of thiol groups is 1. The first kappa shape index (κ1) is 53.5. The van der Waals surface area contributed by atoms with Gasteiger partial charge in [0.2, 0.25) is 5.69 Å². The molecule has 8 rings (SSSR count). The highest BCUT2D eigenvalue weighted by Gasteiger charge is 2.46. The molecule has 0 radical (unpaired) electrons. The fourth-order valence-corrected chi connectivity index (χ4v) is 13.7. The number of ether oxygens (including phenoxy) is 1. The quantitative estimate of drug-likeness (QED) is 0.0312. The lowest BCUT2D eigenvalue weighted by atomic mass is 9.79. The van der Waals surface area contributed by atoms with Crippen molar-refractivity contribution in [2.75, 3.05) is 87.7 Å². The summed E-state index contributed by atoms with van der Waals surface area (Å²) in [6, 6.07) is 25.3. The van der Waals surface area contributed by atoms with Gasteiger partial charge in [-0.1, -0.05) is 78.8 Å². The number of fused-ring (bicyclic) bond motifs is 6. The van der Waals surface area contributed by atoms with Crippen LogP contribution in [0.3, 0.4) is 0 Å². The molecule has 0 atom stereocenters. The lowest BCUT2D eigenvalue weighted by Crippen LogP contribution is -3.13. The van der Waals surface area contributed by atoms with Crippen LogP contribution >= 0.6 is 12.6 Å². The number of carbonyl (C=O) groups is 1. The number of rotatable bonds is 19. The van der Waals surface area contributed by atoms with E-state index in [1.807, 2.05) is 32.9 Å². The van der Waals surface area contributed by atoms with Crippen molar-refractivity contribution in [3.05, 3.63) is 131 Å². The Hall–Kier alpha value is -4.81. The molecule has 72 heavy (non-hydrogen) atoms. The van der Waals surface area contributed by atoms with E-state index in [1.54, 1.807) is 4.90 Å². The minimum absolute atomic E-state index is 0.0615. The Labute approximate surface area is 433 Å². The molecular weight excluding hydrogens is 967 g/mol. The fourth-order valence-electron chi connectivity index (χ4n) is 11.8. The summed E-state index contributed by atoms with van der Waals surface area (Å²) in [6.07, 6.45) is 10.8. The highest BCUT2D eigenvalue weighted by molar-refractivity contribution is 7.86. The van der Waals surface area contributed by atoms with E-state index >= 15 is 0 Å². The fraction of sp³-hybridized carbons (Fsp3) is 0.464. The predicted octanol–water partition coefficient (Wildman–Crippen LogP) is 8.31. The van der Waals surface area contributed by atoms with E-state index in [0.29, 0.717) is 71.1 Å². The Balaban J connectivity index is 1.20. The zero-order chi connectivity index (χ0) is 51.6. The molecule has 1 amide bonds. The lowest BCUT2D eigenvalue weighted by Gasteiger charge is -2.32. The number of allylic oxidation sites excluding steroid dienone is 7. The molecule has 1 aliphatic carbocycles. The third kappa shape index (κ3) is 10.9. The Kier molecular flexibility index (Phi) is 16.0. The molecule has 1 N–H and O–H groups in total. The number of hydrogen-bond donors (Lipinski definition) is 2. The Morgan fingerprint density at radius 3 is 2.08 bits per heavy atom. The van der Waals surface area contributed by atoms with E-state index < -0.39 is 36.8 Å². The van der Waals surface area contributed by atoms with Crippen molar-refractivity contribution in [3.63, 3.8) is 0 Å². The van der Waals surface area contributed by atoms with Crippen molar-refractivity contribution in [2.24, 2.45) is 0 Å². The minimum atomic E-state index is -4.40. The first-order chi connectivity index (χ1) is 34.3. The summed E-state index contributed by atoms with van der Waals surface area (Å²) < 4.78 is 76.3. The number of hydroxylamine groups is 3. The Bertz CT molecular complexity index is 3100. The van der Waals surface area contributed by atoms with Crippen LogP contribution < -0.4 is 9.80 Å². The molecule has 13 nitrogen and oxygen atoms in total. The summed E-state index contributed by atoms with van der Waals surface area (Å²) in [5.41, 5.74) is 9.28. The van der Waals surface area contributed by atoms with Crippen molar-refractivity contribution in [3.8, 4) is 0 Å². The van der Waals surface area contributed by atoms with Crippen molar-refractivity contribution in [2.45, 2.75) is 85.0 Å². The average molecular weight is 1040 g/mol. The summed E-state index contributed by atoms with van der Waals surface area (Å²) in [4.78, 5) is 18.4. The number of amides is 1. The number of nitrogens with one attached hydrogen (secondary N) is 1. The number of quaternary nitrogens is 2. The molecule has 4 aliphatic rings. The summed E-state index contributed by atoms with van der Waals surface area (Å²) in [6.45, 7) is 20.0. The van der Waals surface area contributed by atoms with Crippen LogP contribution in [0, 0.1) is 0 Å². The van der Waals surface area contributed by atoms with E-state index in [0.717, 1.165) is 51.8 Å². The molecule has 4 aromatic rings. The van der Waals surface area contributed by atoms with Crippen molar-refractivity contribution in [1.29, 1.82) is 0 Å². The first-order valence-electron chi connectivity index (χ1n) is 25.7. The van der Waals surface area contributed by atoms with E-state index in [9.17, 15) is 26.2 Å². The van der Waals surface area contributed by atoms with Gasteiger partial charge in [0, 0.05) is 70.1 Å². The van der Waals surface area contributed by atoms with Gasteiger partial charge in [0.25, 0.3) is 0 Å². The lowest BCUT2D eigenvalue weighted by molar-refractivity contribution is -1.08. The molecule has 0 bridgehead atoms. The summed E-state index contributed by atoms with van der Waals surface area (Å²) in [5, 5.41) is 4.58. The van der Waals surface area contributed by atoms with Crippen LogP contribution in [-0.4, -0.2) is 130 Å². The van der Waals surface area contributed by atoms with E-state index in [1.165, 1.54) is 38.3 Å². The third-order valence-electron chi connectivity index (χ3n) is 15.5. The van der Waals surface area contributed by atoms with Gasteiger partial charge in [-0.2, -0.15) is 30.3 Å². The molecule has 0 saturated carbocycles. The standard InChI is InChI=1S/C56H71N5O8S3/c1-8-61(9-2,10-3)69-72(66,67)40-16-32-60-48-28-24-42-18-12-14-20-46(42)52(48)56(6,7)50(60)30-26-44-22-21-43(53(44)57-33-35-58(36-34-57)54(62)68-37-38-70)25-29-49-55(4,5)51-45-19-13-11-17-41(45)23-27-47(51)59(49)31-15-39-71(63,64)65/h11-14,17-20,23-30H,8-10,15-16,21-22,31-40H2,1-7H3/p+2. The van der Waals surface area contributed by atoms with E-state index in [2.05, 4.69) is 135 Å². The molecule has 0 spiro atoms. The molecule has 3 aliphatic heterocycles. The van der Waals surface area contributed by atoms with Crippen LogP contribution in [0.2, 0.25) is 0 Å². The van der Waals surface area contributed by atoms with Crippen LogP contribution in [0.5, 0.6) is 0 Å². The summed E-state index contributed by atoms with van der Waals surface area (Å²) in [5.74, 6) is -0.0940. The van der Waals surface area contributed by atoms with Crippen LogP contribution in [0.4, 0.5) is 16.2 Å². The van der Waals surface area contributed by atoms with E-state index in [-0.39, 0.29) is 29.5 Å². The number of benzene rings is 4. The molecule has 0 unspecified atom stereocenters. The highest BCUT2D eigenvalue weighted by atomic mass is 32.2. The Morgan fingerprint density at radius 2 is 1.44 bits per heavy atom. The second kappa shape index (κ2) is 21.6. The topological polar surface area (TPSA) is 141 Å². The Morgan fingerprint density at radius 1 is 0.806 bits per heavy atom. The minimum Gasteiger partial charge on any atom is -0.748 e. The second-order valence-electron chi connectivity index (χ2n) is 20.5. The molecule has 386 valence electrons. The smallest absolute Gasteiger partial charge is 0.410 e. The number of nitrogens with zero attached hydrogens (tertiary/aromatic N) is 4. The first-order valence-corrected chi connectivity index (χ1v) is 29.5. The van der Waals surface area contributed by atoms with Crippen LogP contribution in [0.25, 0.3) is 21.5 Å². The number of carbonyl (C=O) groups excluding carboxylic acids is 1. The molecule has 1 saturated heterocycles. The van der Waals surface area contributed by atoms with E-state index in [4.69, 9.17) is 9.02 Å². The highest BCUT2D eigenvalue weighted by Crippen LogP contribution is 2.51. The van der Waals surface area contributed by atoms with Crippen LogP contribution in [0.1, 0.15) is 85.3 Å². The maximum absolute atomic E-state index is 13.6. The van der Waals surface area contributed by atoms with Crippen molar-refractivity contribution < 1.29 is 49.3 Å². The summed E-state index contributed by atoms with van der Waals surface area (Å²) >= 11 is 4.23. The van der Waals surface area contributed by atoms with Crippen molar-refractivity contribution in [1.82, 2.24) is 4.90 Å². The van der Waals surface area contributed by atoms with Gasteiger partial charge in [-0.15, -0.1) is 0 Å². The zero-order valence-electron chi connectivity index (χ0n) is 43.1. The molecule has 1 fully saturated rings. The molecule has 16 heteroatoms. The number of hydrogen-bond acceptors (Lipinski definition) is 10. The normalized spacial score (nSPS) is 19.5.